The van der Waals surface area contributed by atoms with Crippen molar-refractivity contribution in [2.75, 3.05) is 19.6 Å². The molecule has 21 heavy (non-hydrogen) atoms. The van der Waals surface area contributed by atoms with Crippen LogP contribution in [-0.4, -0.2) is 43.4 Å². The van der Waals surface area contributed by atoms with Crippen molar-refractivity contribution in [1.82, 2.24) is 9.03 Å². The zero-order valence-electron chi connectivity index (χ0n) is 12.5. The predicted molar refractivity (Wildman–Crippen MR) is 80.1 cm³/mol. The molecule has 2 aliphatic rings. The summed E-state index contributed by atoms with van der Waals surface area (Å²) >= 11 is 0. The summed E-state index contributed by atoms with van der Waals surface area (Å²) in [6.07, 6.45) is 7.73. The molecule has 122 valence electrons. The van der Waals surface area contributed by atoms with E-state index in [9.17, 15) is 18.3 Å². The first-order chi connectivity index (χ1) is 9.96. The summed E-state index contributed by atoms with van der Waals surface area (Å²) in [7, 11) is -3.55. The fourth-order valence-corrected chi connectivity index (χ4v) is 4.68. The zero-order valence-corrected chi connectivity index (χ0v) is 13.3. The second-order valence-corrected chi connectivity index (χ2v) is 8.04. The molecule has 0 unspecified atom stereocenters. The summed E-state index contributed by atoms with van der Waals surface area (Å²) in [5.41, 5.74) is -0.931. The van der Waals surface area contributed by atoms with E-state index < -0.39 is 21.6 Å². The molecule has 0 aromatic heterocycles. The van der Waals surface area contributed by atoms with E-state index in [1.165, 1.54) is 4.31 Å². The topological polar surface area (TPSA) is 86.7 Å². The van der Waals surface area contributed by atoms with Gasteiger partial charge in [-0.05, 0) is 25.7 Å². The average Bonchev–Trinajstić information content (AvgIpc) is 2.73. The monoisotopic (exact) mass is 318 g/mol. The zero-order chi connectivity index (χ0) is 15.3. The van der Waals surface area contributed by atoms with Crippen molar-refractivity contribution in [3.05, 3.63) is 0 Å². The third kappa shape index (κ3) is 4.17. The molecule has 0 amide bonds. The van der Waals surface area contributed by atoms with Gasteiger partial charge in [-0.3, -0.25) is 4.79 Å². The van der Waals surface area contributed by atoms with Crippen LogP contribution in [0.5, 0.6) is 0 Å². The first kappa shape index (κ1) is 16.7. The first-order valence-corrected chi connectivity index (χ1v) is 9.38. The van der Waals surface area contributed by atoms with E-state index >= 15 is 0 Å². The van der Waals surface area contributed by atoms with Gasteiger partial charge in [0.25, 0.3) is 10.2 Å². The second-order valence-electron chi connectivity index (χ2n) is 6.29. The van der Waals surface area contributed by atoms with Crippen molar-refractivity contribution in [3.63, 3.8) is 0 Å². The summed E-state index contributed by atoms with van der Waals surface area (Å²) in [5, 5.41) is 9.57. The van der Waals surface area contributed by atoms with Gasteiger partial charge in [-0.15, -0.1) is 0 Å². The van der Waals surface area contributed by atoms with E-state index in [2.05, 4.69) is 4.72 Å². The molecule has 0 aromatic carbocycles. The van der Waals surface area contributed by atoms with Gasteiger partial charge in [-0.2, -0.15) is 12.7 Å². The number of nitrogens with zero attached hydrogens (tertiary/aromatic N) is 1. The van der Waals surface area contributed by atoms with Gasteiger partial charge in [0, 0.05) is 19.6 Å². The van der Waals surface area contributed by atoms with Crippen molar-refractivity contribution in [2.45, 2.75) is 57.8 Å². The summed E-state index contributed by atoms with van der Waals surface area (Å²) in [5.74, 6) is -0.870. The smallest absolute Gasteiger partial charge is 0.310 e. The molecule has 1 heterocycles. The first-order valence-electron chi connectivity index (χ1n) is 7.94. The lowest BCUT2D eigenvalue weighted by Gasteiger charge is -2.31. The van der Waals surface area contributed by atoms with Crippen LogP contribution in [0.25, 0.3) is 0 Å². The van der Waals surface area contributed by atoms with Crippen LogP contribution in [0.1, 0.15) is 57.8 Å². The van der Waals surface area contributed by atoms with Crippen LogP contribution >= 0.6 is 0 Å². The largest absolute Gasteiger partial charge is 0.481 e. The quantitative estimate of drug-likeness (QED) is 0.756. The summed E-state index contributed by atoms with van der Waals surface area (Å²) < 4.78 is 28.6. The molecule has 0 radical (unpaired) electrons. The van der Waals surface area contributed by atoms with Crippen LogP contribution in [0.4, 0.5) is 0 Å². The maximum absolute atomic E-state index is 12.3. The van der Waals surface area contributed by atoms with Gasteiger partial charge in [0.2, 0.25) is 0 Å². The number of carboxylic acid groups (broad SMARTS) is 1. The Labute approximate surface area is 127 Å². The van der Waals surface area contributed by atoms with Gasteiger partial charge in [-0.1, -0.05) is 32.1 Å². The van der Waals surface area contributed by atoms with Crippen LogP contribution in [0.2, 0.25) is 0 Å². The van der Waals surface area contributed by atoms with Gasteiger partial charge in [0.15, 0.2) is 0 Å². The van der Waals surface area contributed by atoms with Gasteiger partial charge in [-0.25, -0.2) is 4.72 Å². The third-order valence-electron chi connectivity index (χ3n) is 4.76. The number of hydrogen-bond donors (Lipinski definition) is 2. The highest BCUT2D eigenvalue weighted by molar-refractivity contribution is 7.87. The van der Waals surface area contributed by atoms with E-state index in [0.717, 1.165) is 44.9 Å². The molecule has 2 N–H and O–H groups in total. The number of carbonyl (C=O) groups is 1. The Kier molecular flexibility index (Phi) is 5.62. The van der Waals surface area contributed by atoms with Gasteiger partial charge in [0.05, 0.1) is 5.41 Å². The van der Waals surface area contributed by atoms with Crippen LogP contribution in [0, 0.1) is 5.41 Å². The minimum atomic E-state index is -3.55. The van der Waals surface area contributed by atoms with E-state index in [-0.39, 0.29) is 6.54 Å². The predicted octanol–water partition coefficient (Wildman–Crippen LogP) is 1.73. The number of carboxylic acids is 1. The molecular weight excluding hydrogens is 292 g/mol. The molecule has 1 aliphatic carbocycles. The molecule has 6 nitrogen and oxygen atoms in total. The number of nitrogens with one attached hydrogen (secondary N) is 1. The van der Waals surface area contributed by atoms with Crippen LogP contribution < -0.4 is 4.72 Å². The summed E-state index contributed by atoms with van der Waals surface area (Å²) in [6.45, 7) is 1.09. The molecule has 2 fully saturated rings. The van der Waals surface area contributed by atoms with Gasteiger partial charge in [0.1, 0.15) is 0 Å². The maximum atomic E-state index is 12.3. The summed E-state index contributed by atoms with van der Waals surface area (Å²) in [4.78, 5) is 11.7. The van der Waals surface area contributed by atoms with E-state index in [1.807, 2.05) is 0 Å². The SMILES string of the molecule is O=C(O)C1(CNS(=O)(=O)N2CCCCC2)CCCCCC1. The lowest BCUT2D eigenvalue weighted by atomic mass is 9.80. The Balaban J connectivity index is 2.02. The molecule has 7 heteroatoms. The fourth-order valence-electron chi connectivity index (χ4n) is 3.30. The molecule has 1 aliphatic heterocycles. The standard InChI is InChI=1S/C14H26N2O4S/c17-13(18)14(8-4-1-2-5-9-14)12-15-21(19,20)16-10-6-3-7-11-16/h15H,1-12H2,(H,17,18). The van der Waals surface area contributed by atoms with Crippen molar-refractivity contribution < 1.29 is 18.3 Å². The molecule has 0 aromatic rings. The average molecular weight is 318 g/mol. The molecule has 0 bridgehead atoms. The minimum Gasteiger partial charge on any atom is -0.481 e. The summed E-state index contributed by atoms with van der Waals surface area (Å²) in [6, 6.07) is 0. The molecular formula is C14H26N2O4S. The van der Waals surface area contributed by atoms with Crippen molar-refractivity contribution in [3.8, 4) is 0 Å². The molecule has 0 atom stereocenters. The Morgan fingerprint density at radius 3 is 2.05 bits per heavy atom. The van der Waals surface area contributed by atoms with E-state index in [1.54, 1.807) is 0 Å². The number of rotatable bonds is 5. The normalized spacial score (nSPS) is 24.4. The van der Waals surface area contributed by atoms with Crippen molar-refractivity contribution in [1.29, 1.82) is 0 Å². The number of aliphatic carboxylic acids is 1. The maximum Gasteiger partial charge on any atom is 0.310 e. The highest BCUT2D eigenvalue weighted by Crippen LogP contribution is 2.35. The molecule has 0 spiro atoms. The van der Waals surface area contributed by atoms with E-state index in [4.69, 9.17) is 0 Å². The van der Waals surface area contributed by atoms with Crippen molar-refractivity contribution in [2.24, 2.45) is 5.41 Å². The minimum absolute atomic E-state index is 0.0150. The Morgan fingerprint density at radius 1 is 1.00 bits per heavy atom. The van der Waals surface area contributed by atoms with E-state index in [0.29, 0.717) is 25.9 Å². The van der Waals surface area contributed by atoms with Gasteiger partial charge >= 0.3 is 5.97 Å². The lowest BCUT2D eigenvalue weighted by molar-refractivity contribution is -0.149. The van der Waals surface area contributed by atoms with Crippen LogP contribution in [-0.2, 0) is 15.0 Å². The number of hydrogen-bond acceptors (Lipinski definition) is 3. The number of piperidine rings is 1. The van der Waals surface area contributed by atoms with Crippen molar-refractivity contribution >= 4 is 16.2 Å². The Hall–Kier alpha value is -0.660. The fraction of sp³-hybridized carbons (Fsp3) is 0.929. The highest BCUT2D eigenvalue weighted by atomic mass is 32.2. The highest BCUT2D eigenvalue weighted by Gasteiger charge is 2.40. The molecule has 2 rings (SSSR count). The molecule has 1 saturated heterocycles. The van der Waals surface area contributed by atoms with Crippen LogP contribution in [0.3, 0.4) is 0 Å². The Morgan fingerprint density at radius 2 is 1.52 bits per heavy atom. The van der Waals surface area contributed by atoms with Crippen LogP contribution in [0.15, 0.2) is 0 Å². The third-order valence-corrected chi connectivity index (χ3v) is 6.32. The second kappa shape index (κ2) is 7.07. The lowest BCUT2D eigenvalue weighted by Crippen LogP contribution is -2.49. The Bertz CT molecular complexity index is 450. The molecule has 1 saturated carbocycles. The van der Waals surface area contributed by atoms with Gasteiger partial charge < -0.3 is 5.11 Å².